The number of rotatable bonds is 5. The van der Waals surface area contributed by atoms with Crippen LogP contribution in [0.25, 0.3) is 11.1 Å². The second-order valence-electron chi connectivity index (χ2n) is 9.19. The molecule has 0 unspecified atom stereocenters. The van der Waals surface area contributed by atoms with Gasteiger partial charge in [-0.15, -0.1) is 0 Å². The molecular formula is C28H30N2O3S. The number of carbonyl (C=O) groups is 1. The van der Waals surface area contributed by atoms with Gasteiger partial charge < -0.3 is 5.32 Å². The van der Waals surface area contributed by atoms with E-state index in [1.807, 2.05) is 42.5 Å². The van der Waals surface area contributed by atoms with Crippen LogP contribution in [0.3, 0.4) is 0 Å². The van der Waals surface area contributed by atoms with Crippen molar-refractivity contribution in [2.75, 3.05) is 13.1 Å². The van der Waals surface area contributed by atoms with Crippen LogP contribution in [0.15, 0.2) is 77.7 Å². The lowest BCUT2D eigenvalue weighted by molar-refractivity contribution is 0.0932. The molecule has 0 bridgehead atoms. The van der Waals surface area contributed by atoms with E-state index < -0.39 is 10.0 Å². The first-order valence-corrected chi connectivity index (χ1v) is 13.6. The Morgan fingerprint density at radius 1 is 0.824 bits per heavy atom. The van der Waals surface area contributed by atoms with Crippen LogP contribution < -0.4 is 5.32 Å². The van der Waals surface area contributed by atoms with Crippen molar-refractivity contribution in [2.45, 2.75) is 49.5 Å². The van der Waals surface area contributed by atoms with Gasteiger partial charge in [-0.1, -0.05) is 55.0 Å². The Bertz CT molecular complexity index is 1280. The maximum atomic E-state index is 13.1. The number of aryl methyl sites for hydroxylation is 1. The van der Waals surface area contributed by atoms with E-state index in [4.69, 9.17) is 0 Å². The Hall–Kier alpha value is -2.96. The standard InChI is InChI=1S/C28H30N2O3S/c31-28(29-27-13-7-9-22-8-2-3-12-26(22)27)24-11-6-10-23(20-24)21-14-16-25(17-15-21)34(32,33)30-18-4-1-5-19-30/h2-3,6,8,10-12,14-17,20,27H,1,4-5,7,9,13,18-19H2,(H,29,31)/t27-/m1/s1. The normalized spacial score (nSPS) is 18.8. The van der Waals surface area contributed by atoms with Crippen LogP contribution in [0.4, 0.5) is 0 Å². The number of amides is 1. The lowest BCUT2D eigenvalue weighted by Crippen LogP contribution is -2.35. The molecule has 1 aliphatic heterocycles. The molecule has 0 aromatic heterocycles. The second kappa shape index (κ2) is 9.72. The fraction of sp³-hybridized carbons (Fsp3) is 0.321. The predicted molar refractivity (Wildman–Crippen MR) is 134 cm³/mol. The highest BCUT2D eigenvalue weighted by Crippen LogP contribution is 2.30. The van der Waals surface area contributed by atoms with Crippen molar-refractivity contribution in [3.8, 4) is 11.1 Å². The van der Waals surface area contributed by atoms with E-state index in [9.17, 15) is 13.2 Å². The van der Waals surface area contributed by atoms with Crippen LogP contribution in [-0.4, -0.2) is 31.7 Å². The van der Waals surface area contributed by atoms with Gasteiger partial charge in [0.25, 0.3) is 5.91 Å². The number of hydrogen-bond acceptors (Lipinski definition) is 3. The largest absolute Gasteiger partial charge is 0.345 e. The number of hydrogen-bond donors (Lipinski definition) is 1. The minimum absolute atomic E-state index is 0.0281. The van der Waals surface area contributed by atoms with E-state index in [2.05, 4.69) is 23.5 Å². The first kappa shape index (κ1) is 22.8. The summed E-state index contributed by atoms with van der Waals surface area (Å²) >= 11 is 0. The molecule has 0 spiro atoms. The van der Waals surface area contributed by atoms with E-state index in [0.29, 0.717) is 23.5 Å². The fourth-order valence-corrected chi connectivity index (χ4v) is 6.58. The van der Waals surface area contributed by atoms with Crippen molar-refractivity contribution in [3.63, 3.8) is 0 Å². The van der Waals surface area contributed by atoms with Crippen LogP contribution in [0.5, 0.6) is 0 Å². The zero-order chi connectivity index (χ0) is 23.5. The summed E-state index contributed by atoms with van der Waals surface area (Å²) in [6.45, 7) is 1.18. The summed E-state index contributed by atoms with van der Waals surface area (Å²) in [6.07, 6.45) is 5.98. The molecule has 6 heteroatoms. The van der Waals surface area contributed by atoms with Gasteiger partial charge >= 0.3 is 0 Å². The van der Waals surface area contributed by atoms with Gasteiger partial charge in [0.05, 0.1) is 10.9 Å². The van der Waals surface area contributed by atoms with Gasteiger partial charge in [-0.3, -0.25) is 4.79 Å². The third-order valence-corrected chi connectivity index (χ3v) is 8.85. The van der Waals surface area contributed by atoms with Crippen LogP contribution in [-0.2, 0) is 16.4 Å². The van der Waals surface area contributed by atoms with Gasteiger partial charge in [-0.05, 0) is 78.6 Å². The molecule has 3 aromatic carbocycles. The van der Waals surface area contributed by atoms with Gasteiger partial charge in [-0.2, -0.15) is 4.31 Å². The Morgan fingerprint density at radius 2 is 1.59 bits per heavy atom. The van der Waals surface area contributed by atoms with Crippen molar-refractivity contribution < 1.29 is 13.2 Å². The fourth-order valence-electron chi connectivity index (χ4n) is 5.06. The predicted octanol–water partition coefficient (Wildman–Crippen LogP) is 5.34. The van der Waals surface area contributed by atoms with E-state index in [1.165, 1.54) is 11.1 Å². The molecule has 1 heterocycles. The van der Waals surface area contributed by atoms with E-state index in [0.717, 1.165) is 49.7 Å². The summed E-state index contributed by atoms with van der Waals surface area (Å²) < 4.78 is 27.4. The first-order valence-electron chi connectivity index (χ1n) is 12.1. The maximum absolute atomic E-state index is 13.1. The zero-order valence-corrected chi connectivity index (χ0v) is 20.1. The van der Waals surface area contributed by atoms with Crippen molar-refractivity contribution in [2.24, 2.45) is 0 Å². The molecule has 1 amide bonds. The lowest BCUT2D eigenvalue weighted by atomic mass is 9.87. The molecule has 1 N–H and O–H groups in total. The van der Waals surface area contributed by atoms with E-state index >= 15 is 0 Å². The molecule has 3 aromatic rings. The average Bonchev–Trinajstić information content (AvgIpc) is 2.89. The van der Waals surface area contributed by atoms with E-state index in [-0.39, 0.29) is 11.9 Å². The molecule has 1 fully saturated rings. The Balaban J connectivity index is 1.33. The first-order chi connectivity index (χ1) is 16.5. The molecule has 5 nitrogen and oxygen atoms in total. The van der Waals surface area contributed by atoms with Gasteiger partial charge in [-0.25, -0.2) is 8.42 Å². The smallest absolute Gasteiger partial charge is 0.251 e. The summed E-state index contributed by atoms with van der Waals surface area (Å²) in [6, 6.07) is 22.9. The Labute approximate surface area is 201 Å². The van der Waals surface area contributed by atoms with Crippen LogP contribution in [0.2, 0.25) is 0 Å². The number of nitrogens with zero attached hydrogens (tertiary/aromatic N) is 1. The Morgan fingerprint density at radius 3 is 2.38 bits per heavy atom. The van der Waals surface area contributed by atoms with Gasteiger partial charge in [0, 0.05) is 18.7 Å². The molecule has 176 valence electrons. The monoisotopic (exact) mass is 474 g/mol. The molecule has 1 atom stereocenters. The Kier molecular flexibility index (Phi) is 6.53. The average molecular weight is 475 g/mol. The van der Waals surface area contributed by atoms with Gasteiger partial charge in [0.1, 0.15) is 0 Å². The lowest BCUT2D eigenvalue weighted by Gasteiger charge is -2.26. The SMILES string of the molecule is O=C(N[C@@H]1CCCc2ccccc21)c1cccc(-c2ccc(S(=O)(=O)N3CCCCC3)cc2)c1. The molecular weight excluding hydrogens is 444 g/mol. The highest BCUT2D eigenvalue weighted by atomic mass is 32.2. The molecule has 34 heavy (non-hydrogen) atoms. The maximum Gasteiger partial charge on any atom is 0.251 e. The third-order valence-electron chi connectivity index (χ3n) is 6.94. The van der Waals surface area contributed by atoms with Crippen molar-refractivity contribution in [1.82, 2.24) is 9.62 Å². The van der Waals surface area contributed by atoms with Crippen molar-refractivity contribution in [3.05, 3.63) is 89.5 Å². The number of benzene rings is 3. The topological polar surface area (TPSA) is 66.5 Å². The number of piperidine rings is 1. The van der Waals surface area contributed by atoms with Gasteiger partial charge in [0.2, 0.25) is 10.0 Å². The second-order valence-corrected chi connectivity index (χ2v) is 11.1. The molecule has 1 saturated heterocycles. The number of carbonyl (C=O) groups excluding carboxylic acids is 1. The highest BCUT2D eigenvalue weighted by molar-refractivity contribution is 7.89. The minimum atomic E-state index is -3.45. The van der Waals surface area contributed by atoms with Crippen LogP contribution in [0, 0.1) is 0 Å². The quantitative estimate of drug-likeness (QED) is 0.543. The number of nitrogens with one attached hydrogen (secondary N) is 1. The molecule has 1 aliphatic carbocycles. The van der Waals surface area contributed by atoms with E-state index in [1.54, 1.807) is 16.4 Å². The highest BCUT2D eigenvalue weighted by Gasteiger charge is 2.26. The van der Waals surface area contributed by atoms with Crippen molar-refractivity contribution >= 4 is 15.9 Å². The van der Waals surface area contributed by atoms with Crippen LogP contribution >= 0.6 is 0 Å². The summed E-state index contributed by atoms with van der Waals surface area (Å²) in [4.78, 5) is 13.4. The van der Waals surface area contributed by atoms with Crippen LogP contribution in [0.1, 0.15) is 59.6 Å². The molecule has 0 radical (unpaired) electrons. The minimum Gasteiger partial charge on any atom is -0.345 e. The molecule has 2 aliphatic rings. The van der Waals surface area contributed by atoms with Gasteiger partial charge in [0.15, 0.2) is 0 Å². The van der Waals surface area contributed by atoms with Crippen molar-refractivity contribution in [1.29, 1.82) is 0 Å². The molecule has 0 saturated carbocycles. The number of fused-ring (bicyclic) bond motifs is 1. The third kappa shape index (κ3) is 4.65. The zero-order valence-electron chi connectivity index (χ0n) is 19.2. The summed E-state index contributed by atoms with van der Waals surface area (Å²) in [5.74, 6) is -0.0900. The number of sulfonamides is 1. The summed E-state index contributed by atoms with van der Waals surface area (Å²) in [7, 11) is -3.45. The summed E-state index contributed by atoms with van der Waals surface area (Å²) in [5.41, 5.74) is 4.90. The summed E-state index contributed by atoms with van der Waals surface area (Å²) in [5, 5.41) is 3.21. The molecule has 5 rings (SSSR count).